The van der Waals surface area contributed by atoms with Crippen LogP contribution in [0.3, 0.4) is 0 Å². The van der Waals surface area contributed by atoms with Crippen molar-refractivity contribution in [1.29, 1.82) is 0 Å². The second-order valence-corrected chi connectivity index (χ2v) is 3.76. The lowest BCUT2D eigenvalue weighted by molar-refractivity contribution is -0.143. The summed E-state index contributed by atoms with van der Waals surface area (Å²) in [6.07, 6.45) is 0.237. The third-order valence-corrected chi connectivity index (χ3v) is 2.57. The molecule has 2 aromatic rings. The highest BCUT2D eigenvalue weighted by molar-refractivity contribution is 5.88. The number of benzene rings is 2. The fraction of sp³-hybridized carbons (Fsp3) is 0.214. The normalized spacial score (nSPS) is 10.4. The first-order valence-electron chi connectivity index (χ1n) is 5.54. The molecular formula is C14H14O3. The minimum atomic E-state index is -0.310. The molecule has 17 heavy (non-hydrogen) atoms. The first kappa shape index (κ1) is 11.6. The molecule has 0 atom stereocenters. The van der Waals surface area contributed by atoms with Crippen molar-refractivity contribution in [3.05, 3.63) is 48.0 Å². The predicted octanol–water partition coefficient (Wildman–Crippen LogP) is 1.92. The minimum absolute atomic E-state index is 0.0591. The number of esters is 1. The van der Waals surface area contributed by atoms with Crippen LogP contribution in [-0.2, 0) is 16.0 Å². The number of hydrogen-bond donors (Lipinski definition) is 1. The third-order valence-electron chi connectivity index (χ3n) is 2.57. The summed E-state index contributed by atoms with van der Waals surface area (Å²) in [6, 6.07) is 13.8. The van der Waals surface area contributed by atoms with E-state index in [0.717, 1.165) is 16.3 Å². The van der Waals surface area contributed by atoms with E-state index in [1.807, 2.05) is 42.5 Å². The zero-order valence-corrected chi connectivity index (χ0v) is 9.43. The van der Waals surface area contributed by atoms with Gasteiger partial charge in [0, 0.05) is 0 Å². The predicted molar refractivity (Wildman–Crippen MR) is 65.7 cm³/mol. The van der Waals surface area contributed by atoms with E-state index in [1.165, 1.54) is 0 Å². The second kappa shape index (κ2) is 5.46. The van der Waals surface area contributed by atoms with Gasteiger partial charge in [-0.25, -0.2) is 0 Å². The zero-order chi connectivity index (χ0) is 12.1. The van der Waals surface area contributed by atoms with E-state index in [1.54, 1.807) is 0 Å². The molecule has 0 amide bonds. The number of ether oxygens (including phenoxy) is 1. The van der Waals surface area contributed by atoms with E-state index in [2.05, 4.69) is 0 Å². The number of fused-ring (bicyclic) bond motifs is 1. The van der Waals surface area contributed by atoms with Crippen molar-refractivity contribution in [3.8, 4) is 0 Å². The summed E-state index contributed by atoms with van der Waals surface area (Å²) in [6.45, 7) is -0.0785. The van der Waals surface area contributed by atoms with Crippen molar-refractivity contribution in [2.24, 2.45) is 0 Å². The number of rotatable bonds is 4. The van der Waals surface area contributed by atoms with Gasteiger partial charge in [-0.05, 0) is 16.3 Å². The fourth-order valence-corrected chi connectivity index (χ4v) is 1.81. The third kappa shape index (κ3) is 2.82. The van der Waals surface area contributed by atoms with Crippen LogP contribution in [0.25, 0.3) is 10.8 Å². The van der Waals surface area contributed by atoms with Crippen molar-refractivity contribution in [2.45, 2.75) is 6.42 Å². The molecule has 0 radical (unpaired) electrons. The summed E-state index contributed by atoms with van der Waals surface area (Å²) >= 11 is 0. The Balaban J connectivity index is 2.21. The molecule has 0 fully saturated rings. The lowest BCUT2D eigenvalue weighted by Gasteiger charge is -2.06. The van der Waals surface area contributed by atoms with E-state index in [0.29, 0.717) is 0 Å². The molecule has 0 heterocycles. The van der Waals surface area contributed by atoms with E-state index >= 15 is 0 Å². The van der Waals surface area contributed by atoms with Crippen LogP contribution in [0.2, 0.25) is 0 Å². The summed E-state index contributed by atoms with van der Waals surface area (Å²) in [7, 11) is 0. The average molecular weight is 230 g/mol. The summed E-state index contributed by atoms with van der Waals surface area (Å²) in [5.41, 5.74) is 0.950. The number of hydrogen-bond acceptors (Lipinski definition) is 3. The van der Waals surface area contributed by atoms with Gasteiger partial charge in [-0.3, -0.25) is 4.79 Å². The Morgan fingerprint density at radius 1 is 1.12 bits per heavy atom. The number of carbonyl (C=O) groups is 1. The Morgan fingerprint density at radius 3 is 2.71 bits per heavy atom. The fourth-order valence-electron chi connectivity index (χ4n) is 1.81. The lowest BCUT2D eigenvalue weighted by Crippen LogP contribution is -2.11. The first-order chi connectivity index (χ1) is 8.31. The van der Waals surface area contributed by atoms with Gasteiger partial charge in [0.05, 0.1) is 13.0 Å². The molecule has 0 aliphatic rings. The van der Waals surface area contributed by atoms with E-state index in [-0.39, 0.29) is 25.6 Å². The van der Waals surface area contributed by atoms with Crippen molar-refractivity contribution in [1.82, 2.24) is 0 Å². The maximum atomic E-state index is 11.5. The largest absolute Gasteiger partial charge is 0.463 e. The summed E-state index contributed by atoms with van der Waals surface area (Å²) in [5, 5.41) is 10.8. The van der Waals surface area contributed by atoms with Crippen LogP contribution >= 0.6 is 0 Å². The SMILES string of the molecule is O=C(Cc1cccc2ccccc12)OCCO. The molecule has 88 valence electrons. The summed E-state index contributed by atoms with van der Waals surface area (Å²) < 4.78 is 4.86. The van der Waals surface area contributed by atoms with E-state index < -0.39 is 0 Å². The van der Waals surface area contributed by atoms with Crippen LogP contribution < -0.4 is 0 Å². The molecule has 0 aromatic heterocycles. The molecule has 0 saturated carbocycles. The molecule has 0 aliphatic heterocycles. The Labute approximate surface area is 99.6 Å². The number of carbonyl (C=O) groups excluding carboxylic acids is 1. The molecule has 1 N–H and O–H groups in total. The van der Waals surface area contributed by atoms with Gasteiger partial charge in [0.25, 0.3) is 0 Å². The van der Waals surface area contributed by atoms with E-state index in [4.69, 9.17) is 9.84 Å². The van der Waals surface area contributed by atoms with Crippen molar-refractivity contribution >= 4 is 16.7 Å². The molecule has 3 heteroatoms. The molecule has 2 rings (SSSR count). The summed E-state index contributed by atoms with van der Waals surface area (Å²) in [5.74, 6) is -0.310. The average Bonchev–Trinajstić information content (AvgIpc) is 2.37. The summed E-state index contributed by atoms with van der Waals surface area (Å²) in [4.78, 5) is 11.5. The van der Waals surface area contributed by atoms with Gasteiger partial charge in [0.15, 0.2) is 0 Å². The van der Waals surface area contributed by atoms with Crippen LogP contribution in [-0.4, -0.2) is 24.3 Å². The molecule has 0 unspecified atom stereocenters. The van der Waals surface area contributed by atoms with Gasteiger partial charge < -0.3 is 9.84 Å². The highest BCUT2D eigenvalue weighted by atomic mass is 16.5. The maximum absolute atomic E-state index is 11.5. The van der Waals surface area contributed by atoms with E-state index in [9.17, 15) is 4.79 Å². The monoisotopic (exact) mass is 230 g/mol. The van der Waals surface area contributed by atoms with Crippen LogP contribution in [0.5, 0.6) is 0 Å². The Kier molecular flexibility index (Phi) is 3.73. The van der Waals surface area contributed by atoms with Crippen LogP contribution in [0.15, 0.2) is 42.5 Å². The Bertz CT molecular complexity index is 514. The maximum Gasteiger partial charge on any atom is 0.310 e. The smallest absolute Gasteiger partial charge is 0.310 e. The standard InChI is InChI=1S/C14H14O3/c15-8-9-17-14(16)10-12-6-3-5-11-4-1-2-7-13(11)12/h1-7,15H,8-10H2. The van der Waals surface area contributed by atoms with Gasteiger partial charge in [-0.15, -0.1) is 0 Å². The highest BCUT2D eigenvalue weighted by Gasteiger charge is 2.07. The van der Waals surface area contributed by atoms with Gasteiger partial charge >= 0.3 is 5.97 Å². The van der Waals surface area contributed by atoms with Crippen LogP contribution in [0, 0.1) is 0 Å². The zero-order valence-electron chi connectivity index (χ0n) is 9.43. The van der Waals surface area contributed by atoms with Crippen LogP contribution in [0.1, 0.15) is 5.56 Å². The molecule has 2 aromatic carbocycles. The molecule has 0 aliphatic carbocycles. The Morgan fingerprint density at radius 2 is 1.88 bits per heavy atom. The molecule has 0 saturated heterocycles. The molecular weight excluding hydrogens is 216 g/mol. The van der Waals surface area contributed by atoms with Gasteiger partial charge in [0.1, 0.15) is 6.61 Å². The number of aliphatic hydroxyl groups is 1. The van der Waals surface area contributed by atoms with Gasteiger partial charge in [-0.1, -0.05) is 42.5 Å². The number of aliphatic hydroxyl groups excluding tert-OH is 1. The van der Waals surface area contributed by atoms with Crippen molar-refractivity contribution < 1.29 is 14.6 Å². The second-order valence-electron chi connectivity index (χ2n) is 3.76. The Hall–Kier alpha value is -1.87. The van der Waals surface area contributed by atoms with Crippen molar-refractivity contribution in [2.75, 3.05) is 13.2 Å². The molecule has 0 bridgehead atoms. The van der Waals surface area contributed by atoms with Crippen LogP contribution in [0.4, 0.5) is 0 Å². The highest BCUT2D eigenvalue weighted by Crippen LogP contribution is 2.19. The topological polar surface area (TPSA) is 46.5 Å². The van der Waals surface area contributed by atoms with Gasteiger partial charge in [-0.2, -0.15) is 0 Å². The lowest BCUT2D eigenvalue weighted by atomic mass is 10.0. The quantitative estimate of drug-likeness (QED) is 0.816. The molecule has 3 nitrogen and oxygen atoms in total. The van der Waals surface area contributed by atoms with Crippen molar-refractivity contribution in [3.63, 3.8) is 0 Å². The molecule has 0 spiro atoms. The minimum Gasteiger partial charge on any atom is -0.463 e. The first-order valence-corrected chi connectivity index (χ1v) is 5.54. The van der Waals surface area contributed by atoms with Gasteiger partial charge in [0.2, 0.25) is 0 Å².